The molecule has 1 aromatic carbocycles. The lowest BCUT2D eigenvalue weighted by molar-refractivity contribution is 0.128. The number of para-hydroxylation sites is 1. The van der Waals surface area contributed by atoms with E-state index in [-0.39, 0.29) is 18.2 Å². The van der Waals surface area contributed by atoms with Crippen LogP contribution in [0.2, 0.25) is 0 Å². The Morgan fingerprint density at radius 1 is 1.40 bits per heavy atom. The molecule has 15 heavy (non-hydrogen) atoms. The Hall–Kier alpha value is -0.870. The standard InChI is InChI=1S/C10H13F2NO.ClH/c1-6-3-2-4-7(10(6)14)8(13)5-9(11)12;/h2-4,8-9,14H,5,13H2,1H3;1H/t8-;/m1./s1. The van der Waals surface area contributed by atoms with Crippen LogP contribution in [-0.4, -0.2) is 11.5 Å². The average Bonchev–Trinajstić information content (AvgIpc) is 2.08. The van der Waals surface area contributed by atoms with Gasteiger partial charge in [0.15, 0.2) is 0 Å². The Kier molecular flexibility index (Phi) is 5.54. The van der Waals surface area contributed by atoms with Crippen molar-refractivity contribution in [2.45, 2.75) is 25.8 Å². The third kappa shape index (κ3) is 3.64. The zero-order chi connectivity index (χ0) is 10.7. The van der Waals surface area contributed by atoms with Crippen molar-refractivity contribution in [3.63, 3.8) is 0 Å². The van der Waals surface area contributed by atoms with Crippen LogP contribution in [0.1, 0.15) is 23.6 Å². The van der Waals surface area contributed by atoms with Gasteiger partial charge in [0, 0.05) is 18.0 Å². The number of benzene rings is 1. The summed E-state index contributed by atoms with van der Waals surface area (Å²) in [5, 5.41) is 9.56. The van der Waals surface area contributed by atoms with Gasteiger partial charge in [-0.2, -0.15) is 0 Å². The van der Waals surface area contributed by atoms with Gasteiger partial charge in [-0.1, -0.05) is 18.2 Å². The number of hydrogen-bond donors (Lipinski definition) is 2. The van der Waals surface area contributed by atoms with Crippen LogP contribution in [0.5, 0.6) is 5.75 Å². The molecule has 0 aromatic heterocycles. The fourth-order valence-corrected chi connectivity index (χ4v) is 1.30. The van der Waals surface area contributed by atoms with Crippen molar-refractivity contribution in [1.29, 1.82) is 0 Å². The number of aromatic hydroxyl groups is 1. The quantitative estimate of drug-likeness (QED) is 0.849. The Morgan fingerprint density at radius 2 is 2.00 bits per heavy atom. The van der Waals surface area contributed by atoms with Crippen LogP contribution in [0, 0.1) is 6.92 Å². The minimum Gasteiger partial charge on any atom is -0.507 e. The van der Waals surface area contributed by atoms with E-state index in [9.17, 15) is 13.9 Å². The molecule has 0 aliphatic carbocycles. The molecule has 1 atom stereocenters. The summed E-state index contributed by atoms with van der Waals surface area (Å²) in [6, 6.07) is 4.15. The number of hydrogen-bond acceptors (Lipinski definition) is 2. The summed E-state index contributed by atoms with van der Waals surface area (Å²) in [6.45, 7) is 1.70. The highest BCUT2D eigenvalue weighted by atomic mass is 35.5. The lowest BCUT2D eigenvalue weighted by Crippen LogP contribution is -2.14. The maximum atomic E-state index is 12.0. The number of phenolic OH excluding ortho intramolecular Hbond substituents is 1. The maximum absolute atomic E-state index is 12.0. The molecule has 0 aliphatic rings. The molecule has 2 nitrogen and oxygen atoms in total. The highest BCUT2D eigenvalue weighted by Crippen LogP contribution is 2.28. The van der Waals surface area contributed by atoms with Crippen molar-refractivity contribution >= 4 is 12.4 Å². The van der Waals surface area contributed by atoms with Gasteiger partial charge in [0.25, 0.3) is 0 Å². The van der Waals surface area contributed by atoms with Gasteiger partial charge in [0.2, 0.25) is 6.43 Å². The predicted molar refractivity (Wildman–Crippen MR) is 57.6 cm³/mol. The van der Waals surface area contributed by atoms with E-state index in [0.717, 1.165) is 0 Å². The highest BCUT2D eigenvalue weighted by molar-refractivity contribution is 5.85. The number of phenols is 1. The van der Waals surface area contributed by atoms with E-state index in [2.05, 4.69) is 0 Å². The van der Waals surface area contributed by atoms with Gasteiger partial charge in [-0.3, -0.25) is 0 Å². The van der Waals surface area contributed by atoms with E-state index >= 15 is 0 Å². The second-order valence-electron chi connectivity index (χ2n) is 3.25. The van der Waals surface area contributed by atoms with Gasteiger partial charge in [-0.25, -0.2) is 8.78 Å². The predicted octanol–water partition coefficient (Wildman–Crippen LogP) is 2.78. The third-order valence-electron chi connectivity index (χ3n) is 2.10. The summed E-state index contributed by atoms with van der Waals surface area (Å²) < 4.78 is 24.1. The fourth-order valence-electron chi connectivity index (χ4n) is 1.30. The lowest BCUT2D eigenvalue weighted by atomic mass is 10.0. The van der Waals surface area contributed by atoms with Crippen LogP contribution in [0.3, 0.4) is 0 Å². The Morgan fingerprint density at radius 3 is 2.53 bits per heavy atom. The van der Waals surface area contributed by atoms with Crippen molar-refractivity contribution < 1.29 is 13.9 Å². The van der Waals surface area contributed by atoms with Gasteiger partial charge in [-0.05, 0) is 12.5 Å². The molecule has 0 saturated carbocycles. The molecule has 0 heterocycles. The SMILES string of the molecule is Cc1cccc([C@H](N)CC(F)F)c1O.Cl. The van der Waals surface area contributed by atoms with Gasteiger partial charge >= 0.3 is 0 Å². The first-order valence-corrected chi connectivity index (χ1v) is 4.34. The molecule has 0 aliphatic heterocycles. The molecule has 0 radical (unpaired) electrons. The van der Waals surface area contributed by atoms with E-state index in [1.54, 1.807) is 25.1 Å². The largest absolute Gasteiger partial charge is 0.507 e. The molecule has 5 heteroatoms. The average molecular weight is 238 g/mol. The number of nitrogens with two attached hydrogens (primary N) is 1. The van der Waals surface area contributed by atoms with Crippen LogP contribution in [0.4, 0.5) is 8.78 Å². The topological polar surface area (TPSA) is 46.2 Å². The highest BCUT2D eigenvalue weighted by Gasteiger charge is 2.16. The van der Waals surface area contributed by atoms with Crippen LogP contribution in [-0.2, 0) is 0 Å². The summed E-state index contributed by atoms with van der Waals surface area (Å²) in [6.07, 6.45) is -2.89. The first kappa shape index (κ1) is 14.1. The van der Waals surface area contributed by atoms with E-state index in [4.69, 9.17) is 5.73 Å². The molecular formula is C10H14ClF2NO. The molecule has 0 spiro atoms. The van der Waals surface area contributed by atoms with Gasteiger partial charge in [-0.15, -0.1) is 12.4 Å². The molecule has 3 N–H and O–H groups in total. The second kappa shape index (κ2) is 5.88. The van der Waals surface area contributed by atoms with Gasteiger partial charge < -0.3 is 10.8 Å². The molecule has 0 saturated heterocycles. The molecule has 1 rings (SSSR count). The molecule has 0 amide bonds. The first-order chi connectivity index (χ1) is 6.52. The van der Waals surface area contributed by atoms with Crippen molar-refractivity contribution in [2.75, 3.05) is 0 Å². The Labute approximate surface area is 93.5 Å². The molecule has 0 unspecified atom stereocenters. The molecular weight excluding hydrogens is 224 g/mol. The minimum atomic E-state index is -2.45. The zero-order valence-electron chi connectivity index (χ0n) is 8.28. The van der Waals surface area contributed by atoms with Gasteiger partial charge in [0.1, 0.15) is 5.75 Å². The molecule has 0 bridgehead atoms. The second-order valence-corrected chi connectivity index (χ2v) is 3.25. The third-order valence-corrected chi connectivity index (χ3v) is 2.10. The van der Waals surface area contributed by atoms with Crippen LogP contribution in [0.15, 0.2) is 18.2 Å². The zero-order valence-corrected chi connectivity index (χ0v) is 9.10. The lowest BCUT2D eigenvalue weighted by Gasteiger charge is -2.14. The van der Waals surface area contributed by atoms with E-state index in [1.807, 2.05) is 0 Å². The summed E-state index contributed by atoms with van der Waals surface area (Å²) >= 11 is 0. The molecule has 0 fully saturated rings. The van der Waals surface area contributed by atoms with Crippen molar-refractivity contribution in [3.05, 3.63) is 29.3 Å². The minimum absolute atomic E-state index is 0. The van der Waals surface area contributed by atoms with Crippen molar-refractivity contribution in [1.82, 2.24) is 0 Å². The number of halogens is 3. The molecule has 1 aromatic rings. The first-order valence-electron chi connectivity index (χ1n) is 4.34. The van der Waals surface area contributed by atoms with Gasteiger partial charge in [0.05, 0.1) is 0 Å². The summed E-state index contributed by atoms with van der Waals surface area (Å²) in [5.41, 5.74) is 6.55. The van der Waals surface area contributed by atoms with E-state index in [1.165, 1.54) is 0 Å². The fraction of sp³-hybridized carbons (Fsp3) is 0.400. The molecule has 86 valence electrons. The van der Waals surface area contributed by atoms with E-state index in [0.29, 0.717) is 11.1 Å². The number of aryl methyl sites for hydroxylation is 1. The normalized spacial score (nSPS) is 12.3. The summed E-state index contributed by atoms with van der Waals surface area (Å²) in [4.78, 5) is 0. The van der Waals surface area contributed by atoms with Crippen molar-refractivity contribution in [2.24, 2.45) is 5.73 Å². The maximum Gasteiger partial charge on any atom is 0.240 e. The number of rotatable bonds is 3. The Balaban J connectivity index is 0.00000196. The smallest absolute Gasteiger partial charge is 0.240 e. The Bertz CT molecular complexity index is 320. The summed E-state index contributed by atoms with van der Waals surface area (Å²) in [5.74, 6) is 0.0145. The van der Waals surface area contributed by atoms with Crippen molar-refractivity contribution in [3.8, 4) is 5.75 Å². The van der Waals surface area contributed by atoms with Crippen LogP contribution >= 0.6 is 12.4 Å². The van der Waals surface area contributed by atoms with Crippen LogP contribution < -0.4 is 5.73 Å². The van der Waals surface area contributed by atoms with Crippen LogP contribution in [0.25, 0.3) is 0 Å². The monoisotopic (exact) mass is 237 g/mol. The summed E-state index contributed by atoms with van der Waals surface area (Å²) in [7, 11) is 0. The number of alkyl halides is 2. The van der Waals surface area contributed by atoms with E-state index < -0.39 is 18.9 Å².